The van der Waals surface area contributed by atoms with Gasteiger partial charge in [-0.05, 0) is 36.2 Å². The molecule has 2 aromatic rings. The van der Waals surface area contributed by atoms with Crippen LogP contribution in [-0.4, -0.2) is 30.2 Å². The molecule has 2 N–H and O–H groups in total. The number of carboxylic acid groups (broad SMARTS) is 1. The van der Waals surface area contributed by atoms with Crippen LogP contribution < -0.4 is 10.1 Å². The van der Waals surface area contributed by atoms with Crippen molar-refractivity contribution >= 4 is 17.6 Å². The molecule has 6 heteroatoms. The highest BCUT2D eigenvalue weighted by atomic mass is 16.5. The van der Waals surface area contributed by atoms with Crippen molar-refractivity contribution in [3.63, 3.8) is 0 Å². The zero-order valence-corrected chi connectivity index (χ0v) is 13.8. The van der Waals surface area contributed by atoms with Gasteiger partial charge < -0.3 is 19.9 Å². The minimum absolute atomic E-state index is 0.0949. The number of hydrogen-bond donors (Lipinski definition) is 2. The second kappa shape index (κ2) is 10.1. The van der Waals surface area contributed by atoms with E-state index >= 15 is 0 Å². The number of carbonyl (C=O) groups is 2. The fraction of sp³-hybridized carbons (Fsp3) is 0.263. The van der Waals surface area contributed by atoms with E-state index in [2.05, 4.69) is 5.32 Å². The Morgan fingerprint density at radius 3 is 2.40 bits per heavy atom. The van der Waals surface area contributed by atoms with Gasteiger partial charge in [0.05, 0.1) is 6.61 Å². The van der Waals surface area contributed by atoms with E-state index in [4.69, 9.17) is 14.6 Å². The summed E-state index contributed by atoms with van der Waals surface area (Å²) in [7, 11) is 0. The van der Waals surface area contributed by atoms with Crippen LogP contribution >= 0.6 is 0 Å². The average Bonchev–Trinajstić information content (AvgIpc) is 2.61. The first kappa shape index (κ1) is 18.5. The van der Waals surface area contributed by atoms with E-state index in [9.17, 15) is 9.59 Å². The van der Waals surface area contributed by atoms with E-state index in [1.54, 1.807) is 24.3 Å². The molecule has 0 fully saturated rings. The lowest BCUT2D eigenvalue weighted by Gasteiger charge is -2.08. The summed E-state index contributed by atoms with van der Waals surface area (Å²) in [5.74, 6) is -0.691. The van der Waals surface area contributed by atoms with Crippen LogP contribution in [0.5, 0.6) is 5.75 Å². The number of anilines is 1. The van der Waals surface area contributed by atoms with E-state index in [0.29, 0.717) is 37.5 Å². The Labute approximate surface area is 146 Å². The number of hydrogen-bond acceptors (Lipinski definition) is 4. The lowest BCUT2D eigenvalue weighted by atomic mass is 10.2. The molecule has 0 aromatic heterocycles. The van der Waals surface area contributed by atoms with Crippen molar-refractivity contribution in [2.45, 2.75) is 19.4 Å². The van der Waals surface area contributed by atoms with Crippen molar-refractivity contribution in [1.82, 2.24) is 0 Å². The molecule has 1 amide bonds. The van der Waals surface area contributed by atoms with Crippen LogP contribution in [0.4, 0.5) is 5.69 Å². The van der Waals surface area contributed by atoms with Gasteiger partial charge in [0, 0.05) is 18.7 Å². The average molecular weight is 343 g/mol. The molecule has 6 nitrogen and oxygen atoms in total. The zero-order valence-electron chi connectivity index (χ0n) is 13.8. The number of nitrogens with one attached hydrogen (secondary N) is 1. The molecule has 2 aromatic carbocycles. The smallest absolute Gasteiger partial charge is 0.341 e. The van der Waals surface area contributed by atoms with Crippen LogP contribution in [0.25, 0.3) is 0 Å². The molecule has 0 saturated heterocycles. The predicted octanol–water partition coefficient (Wildman–Crippen LogP) is 3.09. The number of ether oxygens (including phenoxy) is 2. The highest BCUT2D eigenvalue weighted by Gasteiger charge is 2.04. The van der Waals surface area contributed by atoms with Gasteiger partial charge in [-0.15, -0.1) is 0 Å². The molecule has 0 unspecified atom stereocenters. The van der Waals surface area contributed by atoms with E-state index in [0.717, 1.165) is 5.56 Å². The Morgan fingerprint density at radius 1 is 1.00 bits per heavy atom. The van der Waals surface area contributed by atoms with Crippen LogP contribution in [0.1, 0.15) is 18.4 Å². The maximum Gasteiger partial charge on any atom is 0.341 e. The topological polar surface area (TPSA) is 84.9 Å². The van der Waals surface area contributed by atoms with Gasteiger partial charge in [0.1, 0.15) is 5.75 Å². The molecule has 2 rings (SSSR count). The van der Waals surface area contributed by atoms with Crippen molar-refractivity contribution < 1.29 is 24.2 Å². The number of rotatable bonds is 10. The molecule has 132 valence electrons. The normalized spacial score (nSPS) is 10.2. The minimum atomic E-state index is -1.04. The summed E-state index contributed by atoms with van der Waals surface area (Å²) in [5.41, 5.74) is 1.75. The largest absolute Gasteiger partial charge is 0.482 e. The monoisotopic (exact) mass is 343 g/mol. The summed E-state index contributed by atoms with van der Waals surface area (Å²) in [6.45, 7) is 0.666. The van der Waals surface area contributed by atoms with Crippen molar-refractivity contribution in [1.29, 1.82) is 0 Å². The molecule has 0 aliphatic carbocycles. The summed E-state index contributed by atoms with van der Waals surface area (Å²) in [6.07, 6.45) is 1.00. The Bertz CT molecular complexity index is 670. The zero-order chi connectivity index (χ0) is 17.9. The summed E-state index contributed by atoms with van der Waals surface area (Å²) in [6, 6.07) is 16.4. The number of carboxylic acids is 1. The highest BCUT2D eigenvalue weighted by Crippen LogP contribution is 2.16. The Morgan fingerprint density at radius 2 is 1.72 bits per heavy atom. The molecular weight excluding hydrogens is 322 g/mol. The van der Waals surface area contributed by atoms with Crippen molar-refractivity contribution in [3.8, 4) is 5.75 Å². The molecule has 0 atom stereocenters. The first-order chi connectivity index (χ1) is 12.1. The Kier molecular flexibility index (Phi) is 7.46. The molecule has 0 heterocycles. The van der Waals surface area contributed by atoms with Crippen molar-refractivity contribution in [2.24, 2.45) is 0 Å². The molecule has 0 aliphatic rings. The third kappa shape index (κ3) is 7.50. The van der Waals surface area contributed by atoms with Gasteiger partial charge in [-0.3, -0.25) is 4.79 Å². The van der Waals surface area contributed by atoms with Gasteiger partial charge in [-0.2, -0.15) is 0 Å². The lowest BCUT2D eigenvalue weighted by molar-refractivity contribution is -0.139. The maximum absolute atomic E-state index is 11.9. The first-order valence-corrected chi connectivity index (χ1v) is 7.99. The predicted molar refractivity (Wildman–Crippen MR) is 93.5 cm³/mol. The van der Waals surface area contributed by atoms with Gasteiger partial charge in [-0.1, -0.05) is 30.3 Å². The quantitative estimate of drug-likeness (QED) is 0.648. The number of aliphatic carboxylic acids is 1. The number of carbonyl (C=O) groups excluding carboxylic acids is 1. The summed E-state index contributed by atoms with van der Waals surface area (Å²) in [4.78, 5) is 22.3. The lowest BCUT2D eigenvalue weighted by Crippen LogP contribution is -2.12. The summed E-state index contributed by atoms with van der Waals surface area (Å²) < 4.78 is 10.6. The molecule has 0 aliphatic heterocycles. The maximum atomic E-state index is 11.9. The molecule has 25 heavy (non-hydrogen) atoms. The summed E-state index contributed by atoms with van der Waals surface area (Å²) in [5, 5.41) is 11.3. The van der Waals surface area contributed by atoms with Gasteiger partial charge in [0.2, 0.25) is 5.91 Å². The molecule has 0 spiro atoms. The molecular formula is C19H21NO5. The van der Waals surface area contributed by atoms with E-state index in [-0.39, 0.29) is 5.91 Å². The minimum Gasteiger partial charge on any atom is -0.482 e. The molecule has 0 radical (unpaired) electrons. The molecule has 0 bridgehead atoms. The van der Waals surface area contributed by atoms with Crippen LogP contribution in [0.2, 0.25) is 0 Å². The van der Waals surface area contributed by atoms with Crippen LogP contribution in [0.15, 0.2) is 54.6 Å². The van der Waals surface area contributed by atoms with E-state index < -0.39 is 12.6 Å². The number of amides is 1. The SMILES string of the molecule is O=C(O)COc1ccc(NC(=O)CCCOCc2ccccc2)cc1. The third-order valence-corrected chi connectivity index (χ3v) is 3.30. The van der Waals surface area contributed by atoms with Crippen molar-refractivity contribution in [2.75, 3.05) is 18.5 Å². The first-order valence-electron chi connectivity index (χ1n) is 7.99. The van der Waals surface area contributed by atoms with Crippen LogP contribution in [-0.2, 0) is 20.9 Å². The van der Waals surface area contributed by atoms with E-state index in [1.807, 2.05) is 30.3 Å². The van der Waals surface area contributed by atoms with E-state index in [1.165, 1.54) is 0 Å². The standard InChI is InChI=1S/C19H21NO5/c21-18(7-4-12-24-13-15-5-2-1-3-6-15)20-16-8-10-17(11-9-16)25-14-19(22)23/h1-3,5-6,8-11H,4,7,12-14H2,(H,20,21)(H,22,23). The Balaban J connectivity index is 1.62. The highest BCUT2D eigenvalue weighted by molar-refractivity contribution is 5.90. The third-order valence-electron chi connectivity index (χ3n) is 3.30. The Hall–Kier alpha value is -2.86. The fourth-order valence-electron chi connectivity index (χ4n) is 2.10. The molecule has 0 saturated carbocycles. The second-order valence-corrected chi connectivity index (χ2v) is 5.40. The van der Waals surface area contributed by atoms with Gasteiger partial charge in [0.25, 0.3) is 0 Å². The van der Waals surface area contributed by atoms with Crippen LogP contribution in [0, 0.1) is 0 Å². The second-order valence-electron chi connectivity index (χ2n) is 5.40. The van der Waals surface area contributed by atoms with Gasteiger partial charge in [0.15, 0.2) is 6.61 Å². The number of benzene rings is 2. The summed E-state index contributed by atoms with van der Waals surface area (Å²) >= 11 is 0. The fourth-order valence-corrected chi connectivity index (χ4v) is 2.10. The van der Waals surface area contributed by atoms with Gasteiger partial charge in [-0.25, -0.2) is 4.79 Å². The van der Waals surface area contributed by atoms with Gasteiger partial charge >= 0.3 is 5.97 Å². The van der Waals surface area contributed by atoms with Crippen LogP contribution in [0.3, 0.4) is 0 Å². The van der Waals surface area contributed by atoms with Crippen molar-refractivity contribution in [3.05, 3.63) is 60.2 Å².